The van der Waals surface area contributed by atoms with Crippen molar-refractivity contribution < 1.29 is 0 Å². The lowest BCUT2D eigenvalue weighted by atomic mass is 10.3. The smallest absolute Gasteiger partial charge is 0.191 e. The summed E-state index contributed by atoms with van der Waals surface area (Å²) in [5.41, 5.74) is 1.13. The lowest BCUT2D eigenvalue weighted by Gasteiger charge is -2.12. The average molecular weight is 410 g/mol. The molecule has 0 aliphatic heterocycles. The number of thioether (sulfide) groups is 1. The third kappa shape index (κ3) is 6.20. The van der Waals surface area contributed by atoms with Gasteiger partial charge < -0.3 is 10.6 Å². The van der Waals surface area contributed by atoms with Gasteiger partial charge in [0.1, 0.15) is 0 Å². The van der Waals surface area contributed by atoms with Gasteiger partial charge in [-0.1, -0.05) is 12.1 Å². The fourth-order valence-electron chi connectivity index (χ4n) is 2.15. The van der Waals surface area contributed by atoms with Gasteiger partial charge in [-0.05, 0) is 52.7 Å². The van der Waals surface area contributed by atoms with Crippen LogP contribution in [0.4, 0.5) is 0 Å². The topological polar surface area (TPSA) is 54.2 Å². The van der Waals surface area contributed by atoms with Crippen LogP contribution in [-0.2, 0) is 13.6 Å². The van der Waals surface area contributed by atoms with Gasteiger partial charge in [0, 0.05) is 36.2 Å². The Balaban J connectivity index is 1.59. The van der Waals surface area contributed by atoms with Crippen LogP contribution in [-0.4, -0.2) is 35.1 Å². The maximum atomic E-state index is 4.25. The Morgan fingerprint density at radius 2 is 2.08 bits per heavy atom. The van der Waals surface area contributed by atoms with Crippen molar-refractivity contribution in [3.8, 4) is 0 Å². The molecule has 5 nitrogen and oxygen atoms in total. The Morgan fingerprint density at radius 3 is 2.79 bits per heavy atom. The largest absolute Gasteiger partial charge is 0.356 e. The number of unbranched alkanes of at least 4 members (excludes halogenated alkanes) is 1. The molecule has 2 N–H and O–H groups in total. The summed E-state index contributed by atoms with van der Waals surface area (Å²) in [7, 11) is 3.73. The quantitative estimate of drug-likeness (QED) is 0.303. The molecule has 0 saturated heterocycles. The molecule has 24 heavy (non-hydrogen) atoms. The second kappa shape index (κ2) is 10.4. The Bertz CT molecular complexity index is 656. The van der Waals surface area contributed by atoms with E-state index in [-0.39, 0.29) is 0 Å². The minimum Gasteiger partial charge on any atom is -0.356 e. The second-order valence-corrected chi connectivity index (χ2v) is 7.28. The number of nitrogens with zero attached hydrogens (tertiary/aromatic N) is 3. The molecule has 0 amide bonds. The molecular formula is C17H24BrN5S. The number of nitrogens with one attached hydrogen (secondary N) is 2. The first-order valence-corrected chi connectivity index (χ1v) is 9.77. The lowest BCUT2D eigenvalue weighted by Crippen LogP contribution is -2.37. The maximum absolute atomic E-state index is 4.25. The van der Waals surface area contributed by atoms with Crippen LogP contribution in [0.5, 0.6) is 0 Å². The zero-order valence-corrected chi connectivity index (χ0v) is 16.5. The molecule has 1 aromatic carbocycles. The average Bonchev–Trinajstić information content (AvgIpc) is 3.00. The van der Waals surface area contributed by atoms with E-state index in [1.54, 1.807) is 13.2 Å². The van der Waals surface area contributed by atoms with E-state index in [2.05, 4.69) is 54.9 Å². The van der Waals surface area contributed by atoms with Gasteiger partial charge in [0.05, 0.1) is 12.2 Å². The van der Waals surface area contributed by atoms with Crippen molar-refractivity contribution in [1.82, 2.24) is 20.4 Å². The monoisotopic (exact) mass is 409 g/mol. The summed E-state index contributed by atoms with van der Waals surface area (Å²) >= 11 is 5.47. The highest BCUT2D eigenvalue weighted by Gasteiger charge is 2.02. The van der Waals surface area contributed by atoms with Crippen LogP contribution in [0.1, 0.15) is 18.5 Å². The van der Waals surface area contributed by atoms with E-state index in [1.165, 1.54) is 9.37 Å². The molecule has 1 heterocycles. The molecule has 0 bridgehead atoms. The fourth-order valence-corrected chi connectivity index (χ4v) is 3.72. The number of aromatic nitrogens is 2. The standard InChI is InChI=1S/C17H24BrN5S/c1-19-17(21-13-14-9-11-22-23(14)2)20-10-5-6-12-24-16-8-4-3-7-15(16)18/h3-4,7-9,11H,5-6,10,12-13H2,1-2H3,(H2,19,20,21). The van der Waals surface area contributed by atoms with Crippen LogP contribution in [0.3, 0.4) is 0 Å². The van der Waals surface area contributed by atoms with Crippen LogP contribution in [0.25, 0.3) is 0 Å². The summed E-state index contributed by atoms with van der Waals surface area (Å²) in [6, 6.07) is 10.4. The number of halogens is 1. The van der Waals surface area contributed by atoms with Crippen molar-refractivity contribution >= 4 is 33.7 Å². The lowest BCUT2D eigenvalue weighted by molar-refractivity contribution is 0.678. The van der Waals surface area contributed by atoms with Crippen molar-refractivity contribution in [2.45, 2.75) is 24.3 Å². The van der Waals surface area contributed by atoms with Crippen LogP contribution in [0, 0.1) is 0 Å². The van der Waals surface area contributed by atoms with Crippen LogP contribution < -0.4 is 10.6 Å². The first kappa shape index (κ1) is 18.9. The van der Waals surface area contributed by atoms with E-state index in [0.29, 0.717) is 6.54 Å². The minimum absolute atomic E-state index is 0.716. The van der Waals surface area contributed by atoms with Crippen molar-refractivity contribution in [1.29, 1.82) is 0 Å². The molecule has 2 rings (SSSR count). The van der Waals surface area contributed by atoms with E-state index in [1.807, 2.05) is 35.6 Å². The summed E-state index contributed by atoms with van der Waals surface area (Å²) in [4.78, 5) is 5.55. The normalized spacial score (nSPS) is 11.5. The molecular weight excluding hydrogens is 386 g/mol. The third-order valence-electron chi connectivity index (χ3n) is 3.54. The Morgan fingerprint density at radius 1 is 1.25 bits per heavy atom. The van der Waals surface area contributed by atoms with Gasteiger partial charge in [-0.3, -0.25) is 9.67 Å². The van der Waals surface area contributed by atoms with E-state index in [9.17, 15) is 0 Å². The molecule has 0 radical (unpaired) electrons. The van der Waals surface area contributed by atoms with E-state index < -0.39 is 0 Å². The molecule has 0 spiro atoms. The summed E-state index contributed by atoms with van der Waals surface area (Å²) in [5, 5.41) is 10.8. The van der Waals surface area contributed by atoms with Crippen molar-refractivity contribution in [3.05, 3.63) is 46.7 Å². The predicted octanol–water partition coefficient (Wildman–Crippen LogP) is 3.42. The summed E-state index contributed by atoms with van der Waals surface area (Å²) in [6.45, 7) is 1.63. The third-order valence-corrected chi connectivity index (χ3v) is 5.65. The van der Waals surface area contributed by atoms with Gasteiger partial charge in [0.15, 0.2) is 5.96 Å². The van der Waals surface area contributed by atoms with E-state index in [4.69, 9.17) is 0 Å². The van der Waals surface area contributed by atoms with Gasteiger partial charge in [-0.2, -0.15) is 5.10 Å². The molecule has 0 aliphatic carbocycles. The predicted molar refractivity (Wildman–Crippen MR) is 106 cm³/mol. The molecule has 0 saturated carbocycles. The number of rotatable bonds is 8. The second-order valence-electron chi connectivity index (χ2n) is 5.28. The van der Waals surface area contributed by atoms with Crippen LogP contribution >= 0.6 is 27.7 Å². The first-order valence-electron chi connectivity index (χ1n) is 7.99. The Hall–Kier alpha value is -1.47. The molecule has 7 heteroatoms. The van der Waals surface area contributed by atoms with E-state index in [0.717, 1.165) is 36.8 Å². The van der Waals surface area contributed by atoms with E-state index >= 15 is 0 Å². The number of guanidine groups is 1. The molecule has 1 aromatic heterocycles. The van der Waals surface area contributed by atoms with Crippen molar-refractivity contribution in [3.63, 3.8) is 0 Å². The number of hydrogen-bond acceptors (Lipinski definition) is 3. The zero-order valence-electron chi connectivity index (χ0n) is 14.1. The fraction of sp³-hybridized carbons (Fsp3) is 0.412. The zero-order chi connectivity index (χ0) is 17.2. The summed E-state index contributed by atoms with van der Waals surface area (Å²) in [6.07, 6.45) is 4.08. The molecule has 0 unspecified atom stereocenters. The molecule has 0 atom stereocenters. The Kier molecular flexibility index (Phi) is 8.18. The highest BCUT2D eigenvalue weighted by molar-refractivity contribution is 9.10. The SMILES string of the molecule is CN=C(NCCCCSc1ccccc1Br)NCc1ccnn1C. The molecule has 0 aliphatic rings. The van der Waals surface area contributed by atoms with Gasteiger partial charge >= 0.3 is 0 Å². The summed E-state index contributed by atoms with van der Waals surface area (Å²) in [5.74, 6) is 1.94. The van der Waals surface area contributed by atoms with Crippen LogP contribution in [0.15, 0.2) is 50.9 Å². The molecule has 2 aromatic rings. The summed E-state index contributed by atoms with van der Waals surface area (Å²) < 4.78 is 3.03. The number of hydrogen-bond donors (Lipinski definition) is 2. The van der Waals surface area contributed by atoms with Gasteiger partial charge in [-0.25, -0.2) is 0 Å². The molecule has 0 fully saturated rings. The molecule has 130 valence electrons. The minimum atomic E-state index is 0.716. The first-order chi connectivity index (χ1) is 11.7. The van der Waals surface area contributed by atoms with Gasteiger partial charge in [0.2, 0.25) is 0 Å². The van der Waals surface area contributed by atoms with Gasteiger partial charge in [-0.15, -0.1) is 11.8 Å². The highest BCUT2D eigenvalue weighted by atomic mass is 79.9. The van der Waals surface area contributed by atoms with Crippen molar-refractivity contribution in [2.24, 2.45) is 12.0 Å². The highest BCUT2D eigenvalue weighted by Crippen LogP contribution is 2.27. The Labute approximate surface area is 156 Å². The van der Waals surface area contributed by atoms with Gasteiger partial charge in [0.25, 0.3) is 0 Å². The number of aliphatic imine (C=N–C) groups is 1. The maximum Gasteiger partial charge on any atom is 0.191 e. The number of benzene rings is 1. The number of aryl methyl sites for hydroxylation is 1. The van der Waals surface area contributed by atoms with Crippen LogP contribution in [0.2, 0.25) is 0 Å². The van der Waals surface area contributed by atoms with Crippen molar-refractivity contribution in [2.75, 3.05) is 19.3 Å².